The lowest BCUT2D eigenvalue weighted by Crippen LogP contribution is -2.27. The number of hydrogen-bond acceptors (Lipinski definition) is 7. The van der Waals surface area contributed by atoms with Crippen LogP contribution < -0.4 is 0 Å². The largest absolute Gasteiger partial charge is 0.347 e. The molecule has 9 heteroatoms. The Labute approximate surface area is 155 Å². The predicted molar refractivity (Wildman–Crippen MR) is 97.5 cm³/mol. The van der Waals surface area contributed by atoms with E-state index in [0.29, 0.717) is 28.4 Å². The molecule has 0 aliphatic rings. The van der Waals surface area contributed by atoms with Crippen LogP contribution in [0.4, 0.5) is 0 Å². The Morgan fingerprint density at radius 2 is 2.00 bits per heavy atom. The minimum Gasteiger partial charge on any atom is -0.347 e. The zero-order valence-electron chi connectivity index (χ0n) is 15.1. The van der Waals surface area contributed by atoms with Crippen LogP contribution in [0.3, 0.4) is 0 Å². The molecule has 0 aliphatic heterocycles. The molecule has 0 atom stereocenters. The summed E-state index contributed by atoms with van der Waals surface area (Å²) in [6.07, 6.45) is 0. The summed E-state index contributed by atoms with van der Waals surface area (Å²) >= 11 is 1.41. The number of nitrogens with zero attached hydrogens (tertiary/aromatic N) is 6. The Bertz CT molecular complexity index is 918. The van der Waals surface area contributed by atoms with Crippen molar-refractivity contribution in [2.24, 2.45) is 0 Å². The minimum atomic E-state index is -0.0191. The third-order valence-corrected chi connectivity index (χ3v) is 4.82. The maximum atomic E-state index is 12.0. The van der Waals surface area contributed by atoms with E-state index >= 15 is 0 Å². The fourth-order valence-electron chi connectivity index (χ4n) is 2.30. The molecule has 0 bridgehead atoms. The van der Waals surface area contributed by atoms with Gasteiger partial charge in [0.2, 0.25) is 17.6 Å². The number of benzene rings is 1. The average Bonchev–Trinajstić information content (AvgIpc) is 3.21. The monoisotopic (exact) mass is 372 g/mol. The summed E-state index contributed by atoms with van der Waals surface area (Å²) in [6, 6.07) is 7.89. The summed E-state index contributed by atoms with van der Waals surface area (Å²) in [4.78, 5) is 18.0. The lowest BCUT2D eigenvalue weighted by molar-refractivity contribution is -0.129. The van der Waals surface area contributed by atoms with Crippen LogP contribution in [-0.4, -0.2) is 49.8 Å². The van der Waals surface area contributed by atoms with Crippen LogP contribution in [0, 0.1) is 13.8 Å². The highest BCUT2D eigenvalue weighted by Gasteiger charge is 2.16. The number of carbonyl (C=O) groups excluding carboxylic acids is 1. The van der Waals surface area contributed by atoms with Crippen molar-refractivity contribution in [3.05, 3.63) is 41.5 Å². The van der Waals surface area contributed by atoms with E-state index in [0.717, 1.165) is 11.1 Å². The van der Waals surface area contributed by atoms with Crippen molar-refractivity contribution >= 4 is 17.7 Å². The first kappa shape index (κ1) is 18.1. The molecule has 0 aliphatic carbocycles. The van der Waals surface area contributed by atoms with Gasteiger partial charge in [-0.2, -0.15) is 4.98 Å². The SMILES string of the molecule is Cc1ccccc1-c1noc(CSc2nnc(C)n2CC(=O)N(C)C)n1. The lowest BCUT2D eigenvalue weighted by atomic mass is 10.1. The van der Waals surface area contributed by atoms with Crippen LogP contribution in [-0.2, 0) is 17.1 Å². The smallest absolute Gasteiger partial charge is 0.242 e. The zero-order valence-corrected chi connectivity index (χ0v) is 15.9. The summed E-state index contributed by atoms with van der Waals surface area (Å²) in [5.41, 5.74) is 2.04. The number of aryl methyl sites for hydroxylation is 2. The van der Waals surface area contributed by atoms with Gasteiger partial charge in [-0.3, -0.25) is 9.36 Å². The number of aromatic nitrogens is 5. The fourth-order valence-corrected chi connectivity index (χ4v) is 3.12. The summed E-state index contributed by atoms with van der Waals surface area (Å²) in [5, 5.41) is 12.9. The van der Waals surface area contributed by atoms with E-state index in [-0.39, 0.29) is 12.5 Å². The van der Waals surface area contributed by atoms with Gasteiger partial charge in [-0.05, 0) is 19.4 Å². The van der Waals surface area contributed by atoms with Crippen LogP contribution in [0.2, 0.25) is 0 Å². The van der Waals surface area contributed by atoms with Crippen molar-refractivity contribution in [1.29, 1.82) is 0 Å². The van der Waals surface area contributed by atoms with E-state index in [4.69, 9.17) is 4.52 Å². The van der Waals surface area contributed by atoms with E-state index in [1.54, 1.807) is 23.6 Å². The van der Waals surface area contributed by atoms with Gasteiger partial charge in [0.15, 0.2) is 5.16 Å². The molecule has 0 N–H and O–H groups in total. The van der Waals surface area contributed by atoms with Gasteiger partial charge in [0.1, 0.15) is 12.4 Å². The van der Waals surface area contributed by atoms with Gasteiger partial charge < -0.3 is 9.42 Å². The van der Waals surface area contributed by atoms with Crippen LogP contribution >= 0.6 is 11.8 Å². The van der Waals surface area contributed by atoms with Gasteiger partial charge in [-0.1, -0.05) is 41.2 Å². The molecule has 3 rings (SSSR count). The molecule has 26 heavy (non-hydrogen) atoms. The van der Waals surface area contributed by atoms with Crippen molar-refractivity contribution in [1.82, 2.24) is 29.8 Å². The Kier molecular flexibility index (Phi) is 5.36. The topological polar surface area (TPSA) is 89.9 Å². The van der Waals surface area contributed by atoms with Gasteiger partial charge in [-0.25, -0.2) is 0 Å². The van der Waals surface area contributed by atoms with Crippen molar-refractivity contribution in [2.75, 3.05) is 14.1 Å². The van der Waals surface area contributed by atoms with Crippen LogP contribution in [0.5, 0.6) is 0 Å². The second kappa shape index (κ2) is 7.69. The number of likely N-dealkylation sites (N-methyl/N-ethyl adjacent to an activating group) is 1. The summed E-state index contributed by atoms with van der Waals surface area (Å²) in [5.74, 6) is 2.19. The molecule has 2 heterocycles. The van der Waals surface area contributed by atoms with Crippen LogP contribution in [0.25, 0.3) is 11.4 Å². The van der Waals surface area contributed by atoms with E-state index in [9.17, 15) is 4.79 Å². The van der Waals surface area contributed by atoms with E-state index < -0.39 is 0 Å². The number of amides is 1. The number of carbonyl (C=O) groups is 1. The molecule has 1 amide bonds. The standard InChI is InChI=1S/C17H20N6O2S/c1-11-7-5-6-8-13(11)16-18-14(25-21-16)10-26-17-20-19-12(2)23(17)9-15(24)22(3)4/h5-8H,9-10H2,1-4H3. The number of hydrogen-bond donors (Lipinski definition) is 0. The molecule has 3 aromatic rings. The van der Waals surface area contributed by atoms with Gasteiger partial charge in [0.25, 0.3) is 0 Å². The molecule has 0 saturated heterocycles. The number of thioether (sulfide) groups is 1. The molecular formula is C17H20N6O2S. The van der Waals surface area contributed by atoms with Gasteiger partial charge >= 0.3 is 0 Å². The average molecular weight is 372 g/mol. The molecule has 0 saturated carbocycles. The quantitative estimate of drug-likeness (QED) is 0.613. The number of rotatable bonds is 6. The second-order valence-corrected chi connectivity index (χ2v) is 6.96. The Balaban J connectivity index is 1.71. The summed E-state index contributed by atoms with van der Waals surface area (Å²) in [7, 11) is 3.45. The van der Waals surface area contributed by atoms with Gasteiger partial charge in [-0.15, -0.1) is 10.2 Å². The van der Waals surface area contributed by atoms with Gasteiger partial charge in [0.05, 0.1) is 5.75 Å². The second-order valence-electron chi connectivity index (χ2n) is 6.02. The third kappa shape index (κ3) is 3.93. The van der Waals surface area contributed by atoms with E-state index in [1.165, 1.54) is 11.8 Å². The van der Waals surface area contributed by atoms with Crippen molar-refractivity contribution < 1.29 is 9.32 Å². The molecular weight excluding hydrogens is 352 g/mol. The molecule has 1 aromatic carbocycles. The van der Waals surface area contributed by atoms with Crippen molar-refractivity contribution in [3.63, 3.8) is 0 Å². The van der Waals surface area contributed by atoms with Crippen molar-refractivity contribution in [3.8, 4) is 11.4 Å². The highest BCUT2D eigenvalue weighted by atomic mass is 32.2. The predicted octanol–water partition coefficient (Wildman–Crippen LogP) is 2.33. The Morgan fingerprint density at radius 3 is 2.73 bits per heavy atom. The minimum absolute atomic E-state index is 0.0191. The zero-order chi connectivity index (χ0) is 18.7. The maximum absolute atomic E-state index is 12.0. The molecule has 0 fully saturated rings. The summed E-state index contributed by atoms with van der Waals surface area (Å²) < 4.78 is 7.13. The highest BCUT2D eigenvalue weighted by molar-refractivity contribution is 7.98. The molecule has 0 radical (unpaired) electrons. The first-order valence-electron chi connectivity index (χ1n) is 8.07. The van der Waals surface area contributed by atoms with Crippen LogP contribution in [0.1, 0.15) is 17.3 Å². The summed E-state index contributed by atoms with van der Waals surface area (Å²) in [6.45, 7) is 4.03. The lowest BCUT2D eigenvalue weighted by Gasteiger charge is -2.12. The molecule has 2 aromatic heterocycles. The Morgan fingerprint density at radius 1 is 1.23 bits per heavy atom. The first-order valence-corrected chi connectivity index (χ1v) is 9.05. The van der Waals surface area contributed by atoms with Gasteiger partial charge in [0, 0.05) is 19.7 Å². The molecule has 8 nitrogen and oxygen atoms in total. The molecule has 136 valence electrons. The van der Waals surface area contributed by atoms with E-state index in [1.807, 2.05) is 38.1 Å². The fraction of sp³-hybridized carbons (Fsp3) is 0.353. The highest BCUT2D eigenvalue weighted by Crippen LogP contribution is 2.24. The first-order chi connectivity index (χ1) is 12.5. The normalized spacial score (nSPS) is 10.9. The third-order valence-electron chi connectivity index (χ3n) is 3.87. The molecule has 0 spiro atoms. The van der Waals surface area contributed by atoms with Crippen molar-refractivity contribution in [2.45, 2.75) is 31.3 Å². The maximum Gasteiger partial charge on any atom is 0.242 e. The Hall–Kier alpha value is -2.68. The molecule has 0 unspecified atom stereocenters. The van der Waals surface area contributed by atoms with E-state index in [2.05, 4.69) is 20.3 Å². The van der Waals surface area contributed by atoms with Crippen LogP contribution in [0.15, 0.2) is 33.9 Å².